The van der Waals surface area contributed by atoms with Gasteiger partial charge in [0, 0.05) is 25.0 Å². The number of quaternary nitrogens is 1. The second kappa shape index (κ2) is 8.56. The van der Waals surface area contributed by atoms with Gasteiger partial charge in [-0.25, -0.2) is 0 Å². The summed E-state index contributed by atoms with van der Waals surface area (Å²) in [5.41, 5.74) is 0.867. The summed E-state index contributed by atoms with van der Waals surface area (Å²) in [6, 6.07) is 5.62. The topological polar surface area (TPSA) is 33.5 Å². The molecule has 1 aliphatic heterocycles. The van der Waals surface area contributed by atoms with Gasteiger partial charge in [0.05, 0.1) is 29.7 Å². The Morgan fingerprint density at radius 2 is 2.05 bits per heavy atom. The Labute approximate surface area is 142 Å². The number of halogens is 2. The van der Waals surface area contributed by atoms with Gasteiger partial charge in [0.1, 0.15) is 0 Å². The molecule has 0 unspecified atom stereocenters. The van der Waals surface area contributed by atoms with E-state index in [4.69, 9.17) is 23.2 Å². The molecule has 0 aromatic heterocycles. The highest BCUT2D eigenvalue weighted by molar-refractivity contribution is 6.42. The first kappa shape index (κ1) is 17.3. The number of rotatable bonds is 5. The Morgan fingerprint density at radius 3 is 2.68 bits per heavy atom. The Hall–Kier alpha value is -1.03. The Morgan fingerprint density at radius 1 is 1.32 bits per heavy atom. The molecule has 1 aromatic carbocycles. The Balaban J connectivity index is 1.80. The van der Waals surface area contributed by atoms with Gasteiger partial charge in [0.25, 0.3) is 0 Å². The zero-order valence-electron chi connectivity index (χ0n) is 12.9. The summed E-state index contributed by atoms with van der Waals surface area (Å²) in [6.45, 7) is 5.75. The van der Waals surface area contributed by atoms with E-state index in [-0.39, 0.29) is 5.91 Å². The molecular weight excluding hydrogens is 319 g/mol. The third kappa shape index (κ3) is 5.31. The molecule has 1 aromatic rings. The minimum atomic E-state index is -0.0463. The van der Waals surface area contributed by atoms with Crippen molar-refractivity contribution in [1.82, 2.24) is 5.32 Å². The fourth-order valence-electron chi connectivity index (χ4n) is 2.81. The number of carbonyl (C=O) groups excluding carboxylic acids is 1. The molecule has 0 spiro atoms. The van der Waals surface area contributed by atoms with E-state index >= 15 is 0 Å². The highest BCUT2D eigenvalue weighted by atomic mass is 35.5. The van der Waals surface area contributed by atoms with E-state index in [9.17, 15) is 4.79 Å². The Kier molecular flexibility index (Phi) is 6.74. The third-order valence-electron chi connectivity index (χ3n) is 4.01. The van der Waals surface area contributed by atoms with Crippen molar-refractivity contribution in [3.8, 4) is 0 Å². The smallest absolute Gasteiger partial charge is 0.244 e. The highest BCUT2D eigenvalue weighted by Crippen LogP contribution is 2.23. The summed E-state index contributed by atoms with van der Waals surface area (Å²) in [5.74, 6) is -0.0463. The summed E-state index contributed by atoms with van der Waals surface area (Å²) in [5, 5.41) is 4.09. The standard InChI is InChI=1S/C17H22Cl2N2O/c1-2-9-21-10-7-14(8-11-21)20-17(22)6-4-13-3-5-15(18)16(19)12-13/h3-6,12,14H,2,7-11H2,1H3,(H,20,22)/p+1/b6-4+. The molecule has 2 N–H and O–H groups in total. The van der Waals surface area contributed by atoms with E-state index in [2.05, 4.69) is 12.2 Å². The molecule has 1 amide bonds. The first-order valence-electron chi connectivity index (χ1n) is 7.85. The van der Waals surface area contributed by atoms with Gasteiger partial charge in [0.2, 0.25) is 5.91 Å². The zero-order valence-corrected chi connectivity index (χ0v) is 14.4. The van der Waals surface area contributed by atoms with Crippen LogP contribution in [0.4, 0.5) is 0 Å². The van der Waals surface area contributed by atoms with Crippen molar-refractivity contribution in [2.45, 2.75) is 32.2 Å². The minimum Gasteiger partial charge on any atom is -0.349 e. The number of hydrogen-bond acceptors (Lipinski definition) is 1. The SMILES string of the molecule is CCC[NH+]1CCC(NC(=O)/C=C/c2ccc(Cl)c(Cl)c2)CC1. The summed E-state index contributed by atoms with van der Waals surface area (Å²) in [6.07, 6.45) is 6.65. The lowest BCUT2D eigenvalue weighted by Gasteiger charge is -2.29. The van der Waals surface area contributed by atoms with E-state index in [1.54, 1.807) is 29.2 Å². The normalized spacial score (nSPS) is 22.0. The van der Waals surface area contributed by atoms with Crippen LogP contribution in [-0.2, 0) is 4.79 Å². The number of nitrogens with one attached hydrogen (secondary N) is 2. The van der Waals surface area contributed by atoms with Crippen LogP contribution in [0, 0.1) is 0 Å². The van der Waals surface area contributed by atoms with Gasteiger partial charge in [-0.1, -0.05) is 36.2 Å². The summed E-state index contributed by atoms with van der Waals surface area (Å²) in [4.78, 5) is 13.6. The second-order valence-electron chi connectivity index (χ2n) is 5.79. The number of likely N-dealkylation sites (tertiary alicyclic amines) is 1. The van der Waals surface area contributed by atoms with Crippen LogP contribution < -0.4 is 10.2 Å². The van der Waals surface area contributed by atoms with Gasteiger partial charge in [-0.3, -0.25) is 4.79 Å². The molecule has 1 fully saturated rings. The van der Waals surface area contributed by atoms with Gasteiger partial charge < -0.3 is 10.2 Å². The molecule has 3 nitrogen and oxygen atoms in total. The van der Waals surface area contributed by atoms with Crippen molar-refractivity contribution in [2.24, 2.45) is 0 Å². The lowest BCUT2D eigenvalue weighted by Crippen LogP contribution is -3.13. The number of carbonyl (C=O) groups is 1. The number of hydrogen-bond donors (Lipinski definition) is 2. The molecule has 0 atom stereocenters. The van der Waals surface area contributed by atoms with Crippen molar-refractivity contribution in [3.05, 3.63) is 39.9 Å². The van der Waals surface area contributed by atoms with Crippen LogP contribution in [0.2, 0.25) is 10.0 Å². The van der Waals surface area contributed by atoms with Crippen LogP contribution in [-0.4, -0.2) is 31.6 Å². The average molecular weight is 342 g/mol. The van der Waals surface area contributed by atoms with Gasteiger partial charge in [-0.2, -0.15) is 0 Å². The fourth-order valence-corrected chi connectivity index (χ4v) is 3.12. The van der Waals surface area contributed by atoms with Crippen LogP contribution in [0.3, 0.4) is 0 Å². The molecule has 0 bridgehead atoms. The first-order chi connectivity index (χ1) is 10.6. The maximum absolute atomic E-state index is 12.0. The fraction of sp³-hybridized carbons (Fsp3) is 0.471. The van der Waals surface area contributed by atoms with E-state index < -0.39 is 0 Å². The number of benzene rings is 1. The second-order valence-corrected chi connectivity index (χ2v) is 6.60. The van der Waals surface area contributed by atoms with E-state index in [0.29, 0.717) is 16.1 Å². The van der Waals surface area contributed by atoms with Gasteiger partial charge in [-0.15, -0.1) is 0 Å². The van der Waals surface area contributed by atoms with E-state index in [1.165, 1.54) is 13.0 Å². The molecule has 22 heavy (non-hydrogen) atoms. The molecule has 2 rings (SSSR count). The van der Waals surface area contributed by atoms with Gasteiger partial charge in [0.15, 0.2) is 0 Å². The summed E-state index contributed by atoms with van der Waals surface area (Å²) in [7, 11) is 0. The van der Waals surface area contributed by atoms with Gasteiger partial charge in [-0.05, 0) is 30.2 Å². The predicted octanol–water partition coefficient (Wildman–Crippen LogP) is 2.58. The highest BCUT2D eigenvalue weighted by Gasteiger charge is 2.21. The molecular formula is C17H23Cl2N2O+. The van der Waals surface area contributed by atoms with Crippen LogP contribution in [0.5, 0.6) is 0 Å². The first-order valence-corrected chi connectivity index (χ1v) is 8.61. The molecule has 0 radical (unpaired) electrons. The van der Waals surface area contributed by atoms with Gasteiger partial charge >= 0.3 is 0 Å². The summed E-state index contributed by atoms with van der Waals surface area (Å²) >= 11 is 11.8. The minimum absolute atomic E-state index is 0.0463. The molecule has 120 valence electrons. The molecule has 5 heteroatoms. The number of piperidine rings is 1. The molecule has 0 saturated carbocycles. The Bertz CT molecular complexity index is 537. The van der Waals surface area contributed by atoms with Crippen molar-refractivity contribution in [3.63, 3.8) is 0 Å². The van der Waals surface area contributed by atoms with E-state index in [1.807, 2.05) is 6.07 Å². The van der Waals surface area contributed by atoms with Crippen molar-refractivity contribution < 1.29 is 9.69 Å². The quantitative estimate of drug-likeness (QED) is 0.793. The monoisotopic (exact) mass is 341 g/mol. The average Bonchev–Trinajstić information content (AvgIpc) is 2.51. The lowest BCUT2D eigenvalue weighted by atomic mass is 10.0. The van der Waals surface area contributed by atoms with E-state index in [0.717, 1.165) is 31.5 Å². The van der Waals surface area contributed by atoms with Crippen molar-refractivity contribution in [2.75, 3.05) is 19.6 Å². The van der Waals surface area contributed by atoms with Crippen LogP contribution in [0.25, 0.3) is 6.08 Å². The van der Waals surface area contributed by atoms with Crippen molar-refractivity contribution in [1.29, 1.82) is 0 Å². The van der Waals surface area contributed by atoms with Crippen LogP contribution >= 0.6 is 23.2 Å². The zero-order chi connectivity index (χ0) is 15.9. The summed E-state index contributed by atoms with van der Waals surface area (Å²) < 4.78 is 0. The maximum Gasteiger partial charge on any atom is 0.244 e. The van der Waals surface area contributed by atoms with Crippen molar-refractivity contribution >= 4 is 35.2 Å². The molecule has 0 aliphatic carbocycles. The molecule has 1 saturated heterocycles. The predicted molar refractivity (Wildman–Crippen MR) is 92.5 cm³/mol. The lowest BCUT2D eigenvalue weighted by molar-refractivity contribution is -0.905. The maximum atomic E-state index is 12.0. The number of amides is 1. The van der Waals surface area contributed by atoms with Crippen LogP contribution in [0.1, 0.15) is 31.7 Å². The third-order valence-corrected chi connectivity index (χ3v) is 4.75. The van der Waals surface area contributed by atoms with Crippen LogP contribution in [0.15, 0.2) is 24.3 Å². The molecule has 1 aliphatic rings. The molecule has 1 heterocycles. The largest absolute Gasteiger partial charge is 0.349 e.